The Morgan fingerprint density at radius 2 is 2.13 bits per heavy atom. The molecule has 0 atom stereocenters. The molecule has 2 rings (SSSR count). The van der Waals surface area contributed by atoms with Crippen molar-refractivity contribution in [3.63, 3.8) is 0 Å². The number of hydrogen-bond acceptors (Lipinski definition) is 4. The highest BCUT2D eigenvalue weighted by molar-refractivity contribution is 7.09. The number of thiazole rings is 1. The van der Waals surface area contributed by atoms with Crippen LogP contribution in [0.25, 0.3) is 11.3 Å². The van der Waals surface area contributed by atoms with Gasteiger partial charge < -0.3 is 15.3 Å². The average Bonchev–Trinajstić information content (AvgIpc) is 2.99. The van der Waals surface area contributed by atoms with Crippen LogP contribution in [0.3, 0.4) is 0 Å². The molecule has 8 heteroatoms. The molecule has 0 aliphatic carbocycles. The van der Waals surface area contributed by atoms with E-state index in [0.717, 1.165) is 0 Å². The number of nitrogens with one attached hydrogen (secondary N) is 1. The monoisotopic (exact) mass is 337 g/mol. The first-order valence-corrected chi connectivity index (χ1v) is 7.75. The van der Waals surface area contributed by atoms with Crippen LogP contribution in [0.2, 0.25) is 0 Å². The SMILES string of the molecule is CN(CCC(=O)O)C(=O)NCc1nc(-c2ccccc2F)cs1. The number of nitrogens with zero attached hydrogens (tertiary/aromatic N) is 2. The fourth-order valence-electron chi connectivity index (χ4n) is 1.84. The van der Waals surface area contributed by atoms with Gasteiger partial charge in [-0.3, -0.25) is 4.79 Å². The van der Waals surface area contributed by atoms with Crippen molar-refractivity contribution in [2.75, 3.05) is 13.6 Å². The third-order valence-electron chi connectivity index (χ3n) is 3.10. The van der Waals surface area contributed by atoms with Crippen molar-refractivity contribution in [2.24, 2.45) is 0 Å². The Morgan fingerprint density at radius 1 is 1.39 bits per heavy atom. The van der Waals surface area contributed by atoms with Gasteiger partial charge in [-0.1, -0.05) is 12.1 Å². The van der Waals surface area contributed by atoms with Gasteiger partial charge >= 0.3 is 12.0 Å². The summed E-state index contributed by atoms with van der Waals surface area (Å²) in [6.45, 7) is 0.328. The summed E-state index contributed by atoms with van der Waals surface area (Å²) in [4.78, 5) is 27.9. The van der Waals surface area contributed by atoms with Crippen LogP contribution in [-0.4, -0.2) is 40.6 Å². The molecule has 0 unspecified atom stereocenters. The van der Waals surface area contributed by atoms with Crippen molar-refractivity contribution < 1.29 is 19.1 Å². The van der Waals surface area contributed by atoms with Crippen LogP contribution < -0.4 is 5.32 Å². The molecule has 1 heterocycles. The number of halogens is 1. The maximum atomic E-state index is 13.7. The lowest BCUT2D eigenvalue weighted by Crippen LogP contribution is -2.37. The van der Waals surface area contributed by atoms with Crippen molar-refractivity contribution in [2.45, 2.75) is 13.0 Å². The molecule has 2 aromatic rings. The van der Waals surface area contributed by atoms with Gasteiger partial charge in [0.1, 0.15) is 10.8 Å². The third kappa shape index (κ3) is 4.75. The lowest BCUT2D eigenvalue weighted by atomic mass is 10.2. The topological polar surface area (TPSA) is 82.5 Å². The summed E-state index contributed by atoms with van der Waals surface area (Å²) in [5.74, 6) is -1.30. The van der Waals surface area contributed by atoms with Gasteiger partial charge in [0.05, 0.1) is 18.7 Å². The van der Waals surface area contributed by atoms with E-state index in [1.807, 2.05) is 0 Å². The number of rotatable bonds is 6. The molecule has 2 amide bonds. The Hall–Kier alpha value is -2.48. The smallest absolute Gasteiger partial charge is 0.317 e. The van der Waals surface area contributed by atoms with E-state index in [2.05, 4.69) is 10.3 Å². The molecule has 0 aliphatic heterocycles. The van der Waals surface area contributed by atoms with Gasteiger partial charge in [0.2, 0.25) is 0 Å². The van der Waals surface area contributed by atoms with E-state index in [0.29, 0.717) is 16.3 Å². The summed E-state index contributed by atoms with van der Waals surface area (Å²) >= 11 is 1.32. The lowest BCUT2D eigenvalue weighted by Gasteiger charge is -2.16. The van der Waals surface area contributed by atoms with Gasteiger partial charge in [-0.15, -0.1) is 11.3 Å². The number of aromatic nitrogens is 1. The zero-order chi connectivity index (χ0) is 16.8. The second-order valence-corrected chi connectivity index (χ2v) is 5.77. The van der Waals surface area contributed by atoms with Crippen LogP contribution in [0.5, 0.6) is 0 Å². The number of amides is 2. The second-order valence-electron chi connectivity index (χ2n) is 4.83. The van der Waals surface area contributed by atoms with Crippen molar-refractivity contribution in [1.29, 1.82) is 0 Å². The first kappa shape index (κ1) is 16.9. The summed E-state index contributed by atoms with van der Waals surface area (Å²) in [5, 5.41) is 13.6. The zero-order valence-electron chi connectivity index (χ0n) is 12.5. The summed E-state index contributed by atoms with van der Waals surface area (Å²) in [6.07, 6.45) is -0.112. The molecular weight excluding hydrogens is 321 g/mol. The molecule has 0 aliphatic rings. The summed E-state index contributed by atoms with van der Waals surface area (Å²) in [5.41, 5.74) is 0.941. The fraction of sp³-hybridized carbons (Fsp3) is 0.267. The standard InChI is InChI=1S/C15H16FN3O3S/c1-19(7-6-14(20)21)15(22)17-8-13-18-12(9-23-13)10-4-2-3-5-11(10)16/h2-5,9H,6-8H2,1H3,(H,17,22)(H,20,21). The minimum Gasteiger partial charge on any atom is -0.481 e. The lowest BCUT2D eigenvalue weighted by molar-refractivity contribution is -0.137. The molecule has 0 saturated carbocycles. The van der Waals surface area contributed by atoms with E-state index in [4.69, 9.17) is 5.11 Å². The summed E-state index contributed by atoms with van der Waals surface area (Å²) < 4.78 is 13.7. The number of aliphatic carboxylic acids is 1. The van der Waals surface area contributed by atoms with Gasteiger partial charge in [-0.25, -0.2) is 14.2 Å². The molecule has 0 spiro atoms. The second kappa shape index (κ2) is 7.68. The number of carbonyl (C=O) groups excluding carboxylic acids is 1. The molecule has 1 aromatic carbocycles. The van der Waals surface area contributed by atoms with E-state index in [1.165, 1.54) is 29.4 Å². The quantitative estimate of drug-likeness (QED) is 0.849. The largest absolute Gasteiger partial charge is 0.481 e. The van der Waals surface area contributed by atoms with E-state index < -0.39 is 5.97 Å². The van der Waals surface area contributed by atoms with E-state index >= 15 is 0 Å². The summed E-state index contributed by atoms with van der Waals surface area (Å²) in [6, 6.07) is 5.98. The highest BCUT2D eigenvalue weighted by atomic mass is 32.1. The van der Waals surface area contributed by atoms with Crippen molar-refractivity contribution in [3.8, 4) is 11.3 Å². The van der Waals surface area contributed by atoms with Crippen LogP contribution in [0.15, 0.2) is 29.6 Å². The molecule has 0 saturated heterocycles. The van der Waals surface area contributed by atoms with Crippen molar-refractivity contribution >= 4 is 23.3 Å². The predicted molar refractivity (Wildman–Crippen MR) is 84.6 cm³/mol. The fourth-order valence-corrected chi connectivity index (χ4v) is 2.57. The Balaban J connectivity index is 1.91. The molecule has 0 radical (unpaired) electrons. The molecule has 0 fully saturated rings. The van der Waals surface area contributed by atoms with Gasteiger partial charge in [0.15, 0.2) is 0 Å². The number of hydrogen-bond donors (Lipinski definition) is 2. The van der Waals surface area contributed by atoms with Gasteiger partial charge in [-0.05, 0) is 12.1 Å². The van der Waals surface area contributed by atoms with E-state index in [1.54, 1.807) is 23.6 Å². The zero-order valence-corrected chi connectivity index (χ0v) is 13.3. The van der Waals surface area contributed by atoms with Crippen LogP contribution >= 0.6 is 11.3 Å². The van der Waals surface area contributed by atoms with Gasteiger partial charge in [0.25, 0.3) is 0 Å². The molecule has 2 N–H and O–H groups in total. The highest BCUT2D eigenvalue weighted by Crippen LogP contribution is 2.24. The van der Waals surface area contributed by atoms with Crippen LogP contribution in [0, 0.1) is 5.82 Å². The molecule has 0 bridgehead atoms. The van der Waals surface area contributed by atoms with Gasteiger partial charge in [0, 0.05) is 24.5 Å². The van der Waals surface area contributed by atoms with Crippen molar-refractivity contribution in [1.82, 2.24) is 15.2 Å². The van der Waals surface area contributed by atoms with Crippen LogP contribution in [-0.2, 0) is 11.3 Å². The van der Waals surface area contributed by atoms with E-state index in [-0.39, 0.29) is 31.4 Å². The van der Waals surface area contributed by atoms with Crippen LogP contribution in [0.4, 0.5) is 9.18 Å². The summed E-state index contributed by atoms with van der Waals surface area (Å²) in [7, 11) is 1.52. The molecular formula is C15H16FN3O3S. The molecule has 23 heavy (non-hydrogen) atoms. The van der Waals surface area contributed by atoms with Crippen molar-refractivity contribution in [3.05, 3.63) is 40.5 Å². The Kier molecular flexibility index (Phi) is 5.64. The minimum absolute atomic E-state index is 0.112. The number of urea groups is 1. The number of carboxylic acids is 1. The van der Waals surface area contributed by atoms with Gasteiger partial charge in [-0.2, -0.15) is 0 Å². The van der Waals surface area contributed by atoms with E-state index in [9.17, 15) is 14.0 Å². The maximum absolute atomic E-state index is 13.7. The predicted octanol–water partition coefficient (Wildman–Crippen LogP) is 2.57. The average molecular weight is 337 g/mol. The number of benzene rings is 1. The Bertz CT molecular complexity index is 705. The highest BCUT2D eigenvalue weighted by Gasteiger charge is 2.12. The molecule has 1 aromatic heterocycles. The maximum Gasteiger partial charge on any atom is 0.317 e. The Labute approximate surface area is 136 Å². The first-order chi connectivity index (χ1) is 11.0. The molecule has 122 valence electrons. The number of carbonyl (C=O) groups is 2. The first-order valence-electron chi connectivity index (χ1n) is 6.87. The minimum atomic E-state index is -0.959. The normalized spacial score (nSPS) is 10.3. The molecule has 6 nitrogen and oxygen atoms in total. The number of carboxylic acid groups (broad SMARTS) is 1. The van der Waals surface area contributed by atoms with Crippen LogP contribution in [0.1, 0.15) is 11.4 Å². The Morgan fingerprint density at radius 3 is 2.83 bits per heavy atom. The third-order valence-corrected chi connectivity index (χ3v) is 3.95.